The van der Waals surface area contributed by atoms with Crippen molar-refractivity contribution in [1.82, 2.24) is 4.98 Å². The van der Waals surface area contributed by atoms with Crippen LogP contribution in [-0.2, 0) is 0 Å². The molecule has 4 nitrogen and oxygen atoms in total. The first kappa shape index (κ1) is 13.8. The van der Waals surface area contributed by atoms with Gasteiger partial charge in [0.2, 0.25) is 0 Å². The third-order valence-electron chi connectivity index (χ3n) is 2.51. The van der Waals surface area contributed by atoms with Crippen molar-refractivity contribution in [3.05, 3.63) is 51.1 Å². The number of pyridine rings is 1. The van der Waals surface area contributed by atoms with Gasteiger partial charge in [-0.25, -0.2) is 9.78 Å². The standard InChI is InChI=1S/C13H10BrClN2O2/c1-7-9(13(18)19)3-5-12(16-7)17-11-4-2-8(15)6-10(11)14/h2-6H,1H3,(H,16,17)(H,18,19). The number of hydrogen-bond acceptors (Lipinski definition) is 3. The van der Waals surface area contributed by atoms with Gasteiger partial charge in [0.05, 0.1) is 16.9 Å². The van der Waals surface area contributed by atoms with Crippen LogP contribution in [0, 0.1) is 6.92 Å². The molecule has 1 aromatic heterocycles. The number of rotatable bonds is 3. The Labute approximate surface area is 123 Å². The minimum Gasteiger partial charge on any atom is -0.478 e. The summed E-state index contributed by atoms with van der Waals surface area (Å²) >= 11 is 9.25. The van der Waals surface area contributed by atoms with Gasteiger partial charge in [-0.3, -0.25) is 0 Å². The molecule has 2 rings (SSSR count). The Hall–Kier alpha value is -1.59. The Bertz CT molecular complexity index is 647. The minimum atomic E-state index is -0.982. The van der Waals surface area contributed by atoms with Crippen molar-refractivity contribution in [3.8, 4) is 0 Å². The van der Waals surface area contributed by atoms with E-state index in [-0.39, 0.29) is 5.56 Å². The highest BCUT2D eigenvalue weighted by Crippen LogP contribution is 2.28. The van der Waals surface area contributed by atoms with Crippen LogP contribution >= 0.6 is 27.5 Å². The number of aromatic carboxylic acids is 1. The highest BCUT2D eigenvalue weighted by molar-refractivity contribution is 9.10. The van der Waals surface area contributed by atoms with Gasteiger partial charge in [-0.15, -0.1) is 0 Å². The van der Waals surface area contributed by atoms with Gasteiger partial charge in [-0.2, -0.15) is 0 Å². The number of carboxylic acids is 1. The second-order valence-corrected chi connectivity index (χ2v) is 5.17. The van der Waals surface area contributed by atoms with Crippen molar-refractivity contribution >= 4 is 45.0 Å². The number of hydrogen-bond donors (Lipinski definition) is 2. The number of nitrogens with zero attached hydrogens (tertiary/aromatic N) is 1. The highest BCUT2D eigenvalue weighted by Gasteiger charge is 2.09. The third kappa shape index (κ3) is 3.24. The predicted octanol–water partition coefficient (Wildman–Crippen LogP) is 4.25. The molecule has 0 saturated carbocycles. The molecule has 0 saturated heterocycles. The Morgan fingerprint density at radius 3 is 2.68 bits per heavy atom. The number of carbonyl (C=O) groups is 1. The Balaban J connectivity index is 2.29. The largest absolute Gasteiger partial charge is 0.478 e. The molecule has 0 atom stereocenters. The van der Waals surface area contributed by atoms with E-state index in [1.54, 1.807) is 25.1 Å². The number of nitrogens with one attached hydrogen (secondary N) is 1. The van der Waals surface area contributed by atoms with Crippen LogP contribution in [0.15, 0.2) is 34.8 Å². The maximum Gasteiger partial charge on any atom is 0.337 e. The molecule has 1 heterocycles. The lowest BCUT2D eigenvalue weighted by Crippen LogP contribution is -2.03. The van der Waals surface area contributed by atoms with Crippen LogP contribution in [0.25, 0.3) is 0 Å². The topological polar surface area (TPSA) is 62.2 Å². The molecule has 0 aliphatic heterocycles. The maximum atomic E-state index is 10.9. The fourth-order valence-electron chi connectivity index (χ4n) is 1.59. The maximum absolute atomic E-state index is 10.9. The van der Waals surface area contributed by atoms with Crippen LogP contribution in [-0.4, -0.2) is 16.1 Å². The van der Waals surface area contributed by atoms with Gasteiger partial charge in [0.1, 0.15) is 5.82 Å². The molecular weight excluding hydrogens is 332 g/mol. The van der Waals surface area contributed by atoms with E-state index in [0.29, 0.717) is 16.5 Å². The van der Waals surface area contributed by atoms with Crippen molar-refractivity contribution in [2.75, 3.05) is 5.32 Å². The van der Waals surface area contributed by atoms with Gasteiger partial charge < -0.3 is 10.4 Å². The Morgan fingerprint density at radius 2 is 2.11 bits per heavy atom. The second-order valence-electron chi connectivity index (χ2n) is 3.88. The van der Waals surface area contributed by atoms with Crippen molar-refractivity contribution in [2.24, 2.45) is 0 Å². The van der Waals surface area contributed by atoms with E-state index in [0.717, 1.165) is 10.2 Å². The molecule has 2 N–H and O–H groups in total. The number of aromatic nitrogens is 1. The van der Waals surface area contributed by atoms with Crippen molar-refractivity contribution in [1.29, 1.82) is 0 Å². The van der Waals surface area contributed by atoms with Gasteiger partial charge in [-0.05, 0) is 53.2 Å². The molecular formula is C13H10BrClN2O2. The van der Waals surface area contributed by atoms with Crippen LogP contribution < -0.4 is 5.32 Å². The molecule has 0 fully saturated rings. The summed E-state index contributed by atoms with van der Waals surface area (Å²) in [5.41, 5.74) is 1.46. The zero-order chi connectivity index (χ0) is 14.0. The molecule has 2 aromatic rings. The average molecular weight is 342 g/mol. The van der Waals surface area contributed by atoms with Gasteiger partial charge >= 0.3 is 5.97 Å². The van der Waals surface area contributed by atoms with Crippen LogP contribution in [0.4, 0.5) is 11.5 Å². The van der Waals surface area contributed by atoms with Crippen LogP contribution in [0.2, 0.25) is 5.02 Å². The van der Waals surface area contributed by atoms with Crippen molar-refractivity contribution in [3.63, 3.8) is 0 Å². The van der Waals surface area contributed by atoms with E-state index >= 15 is 0 Å². The zero-order valence-electron chi connectivity index (χ0n) is 9.95. The molecule has 0 bridgehead atoms. The summed E-state index contributed by atoms with van der Waals surface area (Å²) in [6.45, 7) is 1.66. The van der Waals surface area contributed by atoms with Crippen LogP contribution in [0.5, 0.6) is 0 Å². The highest BCUT2D eigenvalue weighted by atomic mass is 79.9. The second kappa shape index (κ2) is 5.59. The van der Waals surface area contributed by atoms with E-state index in [4.69, 9.17) is 16.7 Å². The molecule has 98 valence electrons. The Morgan fingerprint density at radius 1 is 1.37 bits per heavy atom. The van der Waals surface area contributed by atoms with Crippen molar-refractivity contribution < 1.29 is 9.90 Å². The van der Waals surface area contributed by atoms with E-state index in [1.807, 2.05) is 6.07 Å². The summed E-state index contributed by atoms with van der Waals surface area (Å²) < 4.78 is 0.807. The van der Waals surface area contributed by atoms with E-state index in [2.05, 4.69) is 26.2 Å². The number of halogens is 2. The lowest BCUT2D eigenvalue weighted by Gasteiger charge is -2.09. The van der Waals surface area contributed by atoms with Gasteiger partial charge in [0.15, 0.2) is 0 Å². The fourth-order valence-corrected chi connectivity index (χ4v) is 2.37. The lowest BCUT2D eigenvalue weighted by molar-refractivity contribution is 0.0695. The summed E-state index contributed by atoms with van der Waals surface area (Å²) in [6.07, 6.45) is 0. The first-order chi connectivity index (χ1) is 8.97. The summed E-state index contributed by atoms with van der Waals surface area (Å²) in [4.78, 5) is 15.1. The zero-order valence-corrected chi connectivity index (χ0v) is 12.3. The molecule has 0 unspecified atom stereocenters. The minimum absolute atomic E-state index is 0.195. The summed E-state index contributed by atoms with van der Waals surface area (Å²) in [6, 6.07) is 8.48. The SMILES string of the molecule is Cc1nc(Nc2ccc(Cl)cc2Br)ccc1C(=O)O. The number of aryl methyl sites for hydroxylation is 1. The van der Waals surface area contributed by atoms with Crippen LogP contribution in [0.3, 0.4) is 0 Å². The average Bonchev–Trinajstić information content (AvgIpc) is 2.32. The molecule has 19 heavy (non-hydrogen) atoms. The summed E-state index contributed by atoms with van der Waals surface area (Å²) in [5, 5.41) is 12.7. The first-order valence-corrected chi connectivity index (χ1v) is 6.57. The van der Waals surface area contributed by atoms with Crippen LogP contribution in [0.1, 0.15) is 16.1 Å². The smallest absolute Gasteiger partial charge is 0.337 e. The fraction of sp³-hybridized carbons (Fsp3) is 0.0769. The molecule has 0 amide bonds. The molecule has 0 spiro atoms. The Kier molecular flexibility index (Phi) is 4.07. The van der Waals surface area contributed by atoms with Gasteiger partial charge in [-0.1, -0.05) is 11.6 Å². The molecule has 0 radical (unpaired) electrons. The quantitative estimate of drug-likeness (QED) is 0.876. The number of carboxylic acid groups (broad SMARTS) is 1. The third-order valence-corrected chi connectivity index (χ3v) is 3.40. The summed E-state index contributed by atoms with van der Waals surface area (Å²) in [5.74, 6) is -0.408. The predicted molar refractivity (Wildman–Crippen MR) is 78.4 cm³/mol. The van der Waals surface area contributed by atoms with Gasteiger partial charge in [0, 0.05) is 9.50 Å². The van der Waals surface area contributed by atoms with E-state index in [9.17, 15) is 4.79 Å². The van der Waals surface area contributed by atoms with Gasteiger partial charge in [0.25, 0.3) is 0 Å². The molecule has 6 heteroatoms. The number of anilines is 2. The monoisotopic (exact) mass is 340 g/mol. The van der Waals surface area contributed by atoms with E-state index < -0.39 is 5.97 Å². The first-order valence-electron chi connectivity index (χ1n) is 5.40. The molecule has 1 aromatic carbocycles. The normalized spacial score (nSPS) is 10.3. The van der Waals surface area contributed by atoms with Crippen molar-refractivity contribution in [2.45, 2.75) is 6.92 Å². The number of benzene rings is 1. The molecule has 0 aliphatic carbocycles. The summed E-state index contributed by atoms with van der Waals surface area (Å²) in [7, 11) is 0. The van der Waals surface area contributed by atoms with E-state index in [1.165, 1.54) is 6.07 Å². The molecule has 0 aliphatic rings. The lowest BCUT2D eigenvalue weighted by atomic mass is 10.2.